The van der Waals surface area contributed by atoms with Crippen LogP contribution in [0.2, 0.25) is 0 Å². The molecule has 0 radical (unpaired) electrons. The van der Waals surface area contributed by atoms with Gasteiger partial charge in [0.15, 0.2) is 0 Å². The van der Waals surface area contributed by atoms with Gasteiger partial charge in [-0.25, -0.2) is 27.1 Å². The monoisotopic (exact) mass is 310 g/mol. The van der Waals surface area contributed by atoms with Crippen LogP contribution in [0.15, 0.2) is 21.9 Å². The van der Waals surface area contributed by atoms with E-state index in [4.69, 9.17) is 20.1 Å². The zero-order valence-electron chi connectivity index (χ0n) is 10.0. The molecule has 10 heteroatoms. The predicted molar refractivity (Wildman–Crippen MR) is 66.5 cm³/mol. The molecule has 0 aromatic heterocycles. The number of ether oxygens (including phenoxy) is 1. The average Bonchev–Trinajstić information content (AvgIpc) is 2.25. The summed E-state index contributed by atoms with van der Waals surface area (Å²) in [7, 11) is -7.11. The Bertz CT molecular complexity index is 681. The normalized spacial score (nSPS) is 12.4. The first-order valence-corrected chi connectivity index (χ1v) is 8.08. The zero-order valence-corrected chi connectivity index (χ0v) is 11.7. The minimum absolute atomic E-state index is 0.0208. The Kier molecular flexibility index (Phi) is 4.53. The molecule has 0 amide bonds. The molecule has 0 aliphatic rings. The van der Waals surface area contributed by atoms with E-state index in [1.165, 1.54) is 13.2 Å². The fourth-order valence-corrected chi connectivity index (χ4v) is 3.13. The van der Waals surface area contributed by atoms with Gasteiger partial charge in [0.05, 0.1) is 12.0 Å². The Morgan fingerprint density at radius 1 is 1.11 bits per heavy atom. The highest BCUT2D eigenvalue weighted by Gasteiger charge is 2.23. The molecule has 0 fully saturated rings. The molecule has 0 saturated carbocycles. The third-order valence-corrected chi connectivity index (χ3v) is 4.27. The predicted octanol–water partition coefficient (Wildman–Crippen LogP) is -1.48. The molecular formula is C9H14N2O6S2. The van der Waals surface area contributed by atoms with Crippen molar-refractivity contribution in [2.45, 2.75) is 16.2 Å². The van der Waals surface area contributed by atoms with Gasteiger partial charge in [-0.2, -0.15) is 0 Å². The fraction of sp³-hybridized carbons (Fsp3) is 0.333. The Balaban J connectivity index is 3.72. The van der Waals surface area contributed by atoms with Crippen LogP contribution in [0.3, 0.4) is 0 Å². The van der Waals surface area contributed by atoms with Crippen LogP contribution in [-0.2, 0) is 26.5 Å². The van der Waals surface area contributed by atoms with E-state index in [1.54, 1.807) is 0 Å². The van der Waals surface area contributed by atoms with E-state index < -0.39 is 29.8 Å². The van der Waals surface area contributed by atoms with Gasteiger partial charge in [-0.05, 0) is 24.1 Å². The van der Waals surface area contributed by atoms with Gasteiger partial charge in [0, 0.05) is 6.61 Å². The van der Waals surface area contributed by atoms with E-state index in [0.29, 0.717) is 0 Å². The van der Waals surface area contributed by atoms with Gasteiger partial charge >= 0.3 is 0 Å². The summed E-state index contributed by atoms with van der Waals surface area (Å²) in [5.41, 5.74) is 0.147. The Morgan fingerprint density at radius 2 is 1.63 bits per heavy atom. The molecule has 0 aliphatic carbocycles. The van der Waals surface area contributed by atoms with Gasteiger partial charge in [-0.1, -0.05) is 0 Å². The summed E-state index contributed by atoms with van der Waals surface area (Å²) in [6.45, 7) is -0.333. The van der Waals surface area contributed by atoms with Gasteiger partial charge < -0.3 is 9.84 Å². The molecule has 108 valence electrons. The molecule has 19 heavy (non-hydrogen) atoms. The van der Waals surface area contributed by atoms with Crippen molar-refractivity contribution >= 4 is 20.0 Å². The number of sulfonamides is 2. The lowest BCUT2D eigenvalue weighted by Gasteiger charge is -2.12. The van der Waals surface area contributed by atoms with Gasteiger partial charge in [-0.3, -0.25) is 0 Å². The highest BCUT2D eigenvalue weighted by atomic mass is 32.2. The summed E-state index contributed by atoms with van der Waals surface area (Å²) in [6, 6.07) is 2.00. The minimum atomic E-state index is -4.17. The van der Waals surface area contributed by atoms with Crippen molar-refractivity contribution in [2.24, 2.45) is 10.3 Å². The molecule has 1 rings (SSSR count). The van der Waals surface area contributed by atoms with E-state index >= 15 is 0 Å². The third-order valence-electron chi connectivity index (χ3n) is 2.34. The number of nitrogens with two attached hydrogens (primary N) is 2. The molecule has 0 bridgehead atoms. The number of rotatable bonds is 5. The molecule has 0 atom stereocenters. The van der Waals surface area contributed by atoms with E-state index in [9.17, 15) is 16.8 Å². The molecule has 5 N–H and O–H groups in total. The van der Waals surface area contributed by atoms with Gasteiger partial charge in [0.1, 0.15) is 10.6 Å². The lowest BCUT2D eigenvalue weighted by atomic mass is 10.1. The van der Waals surface area contributed by atoms with Gasteiger partial charge in [-0.15, -0.1) is 0 Å². The Labute approximate surface area is 111 Å². The molecule has 0 saturated heterocycles. The first-order valence-electron chi connectivity index (χ1n) is 4.98. The highest BCUT2D eigenvalue weighted by Crippen LogP contribution is 2.29. The SMILES string of the molecule is COc1cc(CCO)c(S(N)(=O)=O)cc1S(N)(=O)=O. The summed E-state index contributed by atoms with van der Waals surface area (Å²) >= 11 is 0. The lowest BCUT2D eigenvalue weighted by molar-refractivity contribution is 0.298. The first kappa shape index (κ1) is 15.9. The van der Waals surface area contributed by atoms with Crippen LogP contribution in [0, 0.1) is 0 Å². The van der Waals surface area contributed by atoms with Crippen molar-refractivity contribution < 1.29 is 26.7 Å². The second-order valence-corrected chi connectivity index (χ2v) is 6.73. The molecule has 0 unspecified atom stereocenters. The zero-order chi connectivity index (χ0) is 14.8. The topological polar surface area (TPSA) is 150 Å². The molecule has 8 nitrogen and oxygen atoms in total. The van der Waals surface area contributed by atoms with Crippen LogP contribution in [0.4, 0.5) is 0 Å². The lowest BCUT2D eigenvalue weighted by Crippen LogP contribution is -2.19. The molecule has 0 spiro atoms. The number of benzene rings is 1. The molecule has 1 aromatic rings. The Morgan fingerprint density at radius 3 is 2.00 bits per heavy atom. The third kappa shape index (κ3) is 3.64. The largest absolute Gasteiger partial charge is 0.495 e. The number of aliphatic hydroxyl groups excluding tert-OH is 1. The van der Waals surface area contributed by atoms with Crippen molar-refractivity contribution in [1.82, 2.24) is 0 Å². The van der Waals surface area contributed by atoms with Crippen molar-refractivity contribution in [3.05, 3.63) is 17.7 Å². The second kappa shape index (κ2) is 5.43. The van der Waals surface area contributed by atoms with Crippen LogP contribution < -0.4 is 15.0 Å². The van der Waals surface area contributed by atoms with Crippen molar-refractivity contribution in [1.29, 1.82) is 0 Å². The maximum Gasteiger partial charge on any atom is 0.241 e. The van der Waals surface area contributed by atoms with Crippen molar-refractivity contribution in [3.8, 4) is 5.75 Å². The van der Waals surface area contributed by atoms with Crippen molar-refractivity contribution in [3.63, 3.8) is 0 Å². The van der Waals surface area contributed by atoms with E-state index in [2.05, 4.69) is 0 Å². The quantitative estimate of drug-likeness (QED) is 0.604. The average molecular weight is 310 g/mol. The summed E-state index contributed by atoms with van der Waals surface area (Å²) < 4.78 is 50.5. The van der Waals surface area contributed by atoms with E-state index in [-0.39, 0.29) is 24.3 Å². The van der Waals surface area contributed by atoms with Crippen LogP contribution in [-0.4, -0.2) is 35.7 Å². The standard InChI is InChI=1S/C9H14N2O6S2/c1-17-7-4-6(2-3-12)8(18(10,13)14)5-9(7)19(11,15)16/h4-5,12H,2-3H2,1H3,(H2,10,13,14)(H2,11,15,16). The number of aliphatic hydroxyl groups is 1. The van der Waals surface area contributed by atoms with Crippen LogP contribution in [0.1, 0.15) is 5.56 Å². The maximum atomic E-state index is 11.4. The van der Waals surface area contributed by atoms with Crippen LogP contribution in [0.5, 0.6) is 5.75 Å². The van der Waals surface area contributed by atoms with Gasteiger partial charge in [0.25, 0.3) is 0 Å². The Hall–Kier alpha value is -1.20. The van der Waals surface area contributed by atoms with Gasteiger partial charge in [0.2, 0.25) is 20.0 Å². The molecule has 0 heterocycles. The number of primary sulfonamides is 2. The van der Waals surface area contributed by atoms with Crippen LogP contribution in [0.25, 0.3) is 0 Å². The molecule has 0 aliphatic heterocycles. The van der Waals surface area contributed by atoms with E-state index in [0.717, 1.165) is 6.07 Å². The first-order chi connectivity index (χ1) is 8.61. The fourth-order valence-electron chi connectivity index (χ4n) is 1.55. The number of hydrogen-bond donors (Lipinski definition) is 3. The smallest absolute Gasteiger partial charge is 0.241 e. The second-order valence-electron chi connectivity index (χ2n) is 3.67. The number of hydrogen-bond acceptors (Lipinski definition) is 6. The van der Waals surface area contributed by atoms with E-state index in [1.807, 2.05) is 0 Å². The summed E-state index contributed by atoms with van der Waals surface area (Å²) in [6.07, 6.45) is -0.0208. The summed E-state index contributed by atoms with van der Waals surface area (Å²) in [5, 5.41) is 18.9. The summed E-state index contributed by atoms with van der Waals surface area (Å²) in [4.78, 5) is -0.896. The molecule has 1 aromatic carbocycles. The minimum Gasteiger partial charge on any atom is -0.495 e. The molecular weight excluding hydrogens is 296 g/mol. The highest BCUT2D eigenvalue weighted by molar-refractivity contribution is 7.90. The van der Waals surface area contributed by atoms with Crippen LogP contribution >= 0.6 is 0 Å². The van der Waals surface area contributed by atoms with Crippen molar-refractivity contribution in [2.75, 3.05) is 13.7 Å². The maximum absolute atomic E-state index is 11.4. The summed E-state index contributed by atoms with van der Waals surface area (Å²) in [5.74, 6) is -0.113. The number of methoxy groups -OCH3 is 1.